The van der Waals surface area contributed by atoms with Crippen molar-refractivity contribution in [3.63, 3.8) is 0 Å². The minimum Gasteiger partial charge on any atom is -0.341 e. The minimum absolute atomic E-state index is 0.206. The highest BCUT2D eigenvalue weighted by Crippen LogP contribution is 2.21. The second-order valence-corrected chi connectivity index (χ2v) is 6.68. The van der Waals surface area contributed by atoms with Crippen LogP contribution in [0.2, 0.25) is 5.02 Å². The number of nitrogens with zero attached hydrogens (tertiary/aromatic N) is 3. The zero-order valence-corrected chi connectivity index (χ0v) is 14.6. The normalized spacial score (nSPS) is 14.2. The summed E-state index contributed by atoms with van der Waals surface area (Å²) < 4.78 is 1.04. The summed E-state index contributed by atoms with van der Waals surface area (Å²) in [5.74, 6) is 0.240. The van der Waals surface area contributed by atoms with Crippen LogP contribution in [0, 0.1) is 3.57 Å². The molecule has 0 aliphatic carbocycles. The van der Waals surface area contributed by atoms with E-state index in [0.717, 1.165) is 29.5 Å². The van der Waals surface area contributed by atoms with Crippen LogP contribution in [0.3, 0.4) is 0 Å². The third kappa shape index (κ3) is 3.49. The molecule has 1 aromatic heterocycles. The molecule has 0 spiro atoms. The molecule has 5 nitrogen and oxygen atoms in total. The second kappa shape index (κ2) is 6.78. The van der Waals surface area contributed by atoms with Crippen LogP contribution in [-0.2, 0) is 0 Å². The van der Waals surface area contributed by atoms with E-state index in [-0.39, 0.29) is 16.6 Å². The van der Waals surface area contributed by atoms with Gasteiger partial charge in [-0.3, -0.25) is 4.79 Å². The van der Waals surface area contributed by atoms with Crippen LogP contribution in [0.5, 0.6) is 0 Å². The lowest BCUT2D eigenvalue weighted by atomic mass is 10.3. The molecule has 3 rings (SSSR count). The molecule has 1 aliphatic heterocycles. The monoisotopic (exact) mass is 428 g/mol. The fraction of sp³-hybridized carbons (Fsp3) is 0.267. The molecular weight excluding hydrogens is 415 g/mol. The van der Waals surface area contributed by atoms with E-state index in [1.807, 2.05) is 24.3 Å². The molecule has 1 saturated heterocycles. The van der Waals surface area contributed by atoms with Gasteiger partial charge in [-0.1, -0.05) is 17.7 Å². The third-order valence-electron chi connectivity index (χ3n) is 3.42. The Morgan fingerprint density at radius 2 is 2.09 bits per heavy atom. The van der Waals surface area contributed by atoms with Crippen molar-refractivity contribution < 1.29 is 4.79 Å². The van der Waals surface area contributed by atoms with Gasteiger partial charge in [-0.15, -0.1) is 0 Å². The summed E-state index contributed by atoms with van der Waals surface area (Å²) in [6, 6.07) is 7.56. The van der Waals surface area contributed by atoms with Crippen LogP contribution in [0.1, 0.15) is 23.3 Å². The number of hydrogen-bond acceptors (Lipinski definition) is 4. The molecule has 1 N–H and O–H groups in total. The summed E-state index contributed by atoms with van der Waals surface area (Å²) in [5.41, 5.74) is 0.923. The van der Waals surface area contributed by atoms with Crippen molar-refractivity contribution in [3.8, 4) is 0 Å². The van der Waals surface area contributed by atoms with E-state index in [9.17, 15) is 4.79 Å². The predicted molar refractivity (Wildman–Crippen MR) is 95.6 cm³/mol. The number of amides is 1. The molecule has 2 aromatic rings. The first-order valence-electron chi connectivity index (χ1n) is 6.98. The summed E-state index contributed by atoms with van der Waals surface area (Å²) in [5, 5.41) is 3.08. The van der Waals surface area contributed by atoms with E-state index in [0.29, 0.717) is 11.6 Å². The Kier molecular flexibility index (Phi) is 4.77. The van der Waals surface area contributed by atoms with Crippen molar-refractivity contribution in [2.24, 2.45) is 0 Å². The van der Waals surface area contributed by atoms with Gasteiger partial charge < -0.3 is 10.2 Å². The highest BCUT2D eigenvalue weighted by atomic mass is 127. The molecule has 0 bridgehead atoms. The first-order valence-corrected chi connectivity index (χ1v) is 8.43. The summed E-state index contributed by atoms with van der Waals surface area (Å²) >= 11 is 8.28. The molecule has 0 atom stereocenters. The largest absolute Gasteiger partial charge is 0.341 e. The number of carbonyl (C=O) groups is 1. The van der Waals surface area contributed by atoms with Crippen molar-refractivity contribution in [2.45, 2.75) is 12.8 Å². The number of halogens is 2. The zero-order chi connectivity index (χ0) is 15.5. The van der Waals surface area contributed by atoms with Gasteiger partial charge in [0.25, 0.3) is 5.91 Å². The molecular formula is C15H14ClIN4O. The molecule has 0 radical (unpaired) electrons. The Morgan fingerprint density at radius 3 is 2.82 bits per heavy atom. The Morgan fingerprint density at radius 1 is 1.32 bits per heavy atom. The predicted octanol–water partition coefficient (Wildman–Crippen LogP) is 3.59. The van der Waals surface area contributed by atoms with E-state index >= 15 is 0 Å². The Labute approximate surface area is 147 Å². The number of anilines is 2. The number of carbonyl (C=O) groups excluding carboxylic acids is 1. The topological polar surface area (TPSA) is 58.1 Å². The highest BCUT2D eigenvalue weighted by Gasteiger charge is 2.19. The third-order valence-corrected chi connectivity index (χ3v) is 4.37. The smallest absolute Gasteiger partial charge is 0.276 e. The maximum atomic E-state index is 12.4. The molecule has 0 unspecified atom stereocenters. The molecule has 1 aliphatic rings. The Balaban J connectivity index is 1.83. The molecule has 2 heterocycles. The highest BCUT2D eigenvalue weighted by molar-refractivity contribution is 14.1. The van der Waals surface area contributed by atoms with Gasteiger partial charge in [0.15, 0.2) is 5.69 Å². The van der Waals surface area contributed by atoms with Gasteiger partial charge in [-0.05, 0) is 53.6 Å². The SMILES string of the molecule is O=C(Nc1cccc(I)c1)c1nc(N2CCCC2)ncc1Cl. The van der Waals surface area contributed by atoms with Crippen LogP contribution in [0.4, 0.5) is 11.6 Å². The number of rotatable bonds is 3. The van der Waals surface area contributed by atoms with Gasteiger partial charge >= 0.3 is 0 Å². The lowest BCUT2D eigenvalue weighted by Gasteiger charge is -2.16. The van der Waals surface area contributed by atoms with E-state index in [1.54, 1.807) is 0 Å². The fourth-order valence-electron chi connectivity index (χ4n) is 2.34. The van der Waals surface area contributed by atoms with Crippen LogP contribution in [0.15, 0.2) is 30.5 Å². The van der Waals surface area contributed by atoms with Gasteiger partial charge in [-0.2, -0.15) is 0 Å². The lowest BCUT2D eigenvalue weighted by molar-refractivity contribution is 0.102. The van der Waals surface area contributed by atoms with E-state index in [4.69, 9.17) is 11.6 Å². The van der Waals surface area contributed by atoms with E-state index in [1.165, 1.54) is 6.20 Å². The molecule has 1 fully saturated rings. The maximum Gasteiger partial charge on any atom is 0.276 e. The molecule has 7 heteroatoms. The van der Waals surface area contributed by atoms with E-state index in [2.05, 4.69) is 42.8 Å². The number of hydrogen-bond donors (Lipinski definition) is 1. The number of benzene rings is 1. The average molecular weight is 429 g/mol. The molecule has 114 valence electrons. The van der Waals surface area contributed by atoms with Crippen molar-refractivity contribution >= 4 is 51.7 Å². The minimum atomic E-state index is -0.324. The molecule has 1 aromatic carbocycles. The first kappa shape index (κ1) is 15.5. The van der Waals surface area contributed by atoms with E-state index < -0.39 is 0 Å². The fourth-order valence-corrected chi connectivity index (χ4v) is 3.06. The van der Waals surface area contributed by atoms with Crippen molar-refractivity contribution in [1.82, 2.24) is 9.97 Å². The maximum absolute atomic E-state index is 12.4. The average Bonchev–Trinajstić information content (AvgIpc) is 3.02. The lowest BCUT2D eigenvalue weighted by Crippen LogP contribution is -2.23. The van der Waals surface area contributed by atoms with Crippen molar-refractivity contribution in [2.75, 3.05) is 23.3 Å². The van der Waals surface area contributed by atoms with Gasteiger partial charge in [0.1, 0.15) is 0 Å². The summed E-state index contributed by atoms with van der Waals surface area (Å²) in [4.78, 5) is 23.0. The molecule has 1 amide bonds. The van der Waals surface area contributed by atoms with Crippen molar-refractivity contribution in [1.29, 1.82) is 0 Å². The number of nitrogens with one attached hydrogen (secondary N) is 1. The van der Waals surface area contributed by atoms with Crippen LogP contribution < -0.4 is 10.2 Å². The van der Waals surface area contributed by atoms with Gasteiger partial charge in [0.2, 0.25) is 5.95 Å². The van der Waals surface area contributed by atoms with Crippen LogP contribution >= 0.6 is 34.2 Å². The first-order chi connectivity index (χ1) is 10.6. The van der Waals surface area contributed by atoms with Crippen LogP contribution in [0.25, 0.3) is 0 Å². The van der Waals surface area contributed by atoms with Gasteiger partial charge in [0, 0.05) is 22.3 Å². The Bertz CT molecular complexity index is 704. The standard InChI is InChI=1S/C15H14ClIN4O/c16-12-9-18-15(21-6-1-2-7-21)20-13(12)14(22)19-11-5-3-4-10(17)8-11/h3-5,8-9H,1-2,6-7H2,(H,19,22). The van der Waals surface area contributed by atoms with Gasteiger partial charge in [0.05, 0.1) is 11.2 Å². The number of aromatic nitrogens is 2. The second-order valence-electron chi connectivity index (χ2n) is 5.03. The Hall–Kier alpha value is -1.41. The zero-order valence-electron chi connectivity index (χ0n) is 11.7. The molecule has 22 heavy (non-hydrogen) atoms. The quantitative estimate of drug-likeness (QED) is 0.759. The van der Waals surface area contributed by atoms with Gasteiger partial charge in [-0.25, -0.2) is 9.97 Å². The van der Waals surface area contributed by atoms with Crippen LogP contribution in [-0.4, -0.2) is 29.0 Å². The summed E-state index contributed by atoms with van der Waals surface area (Å²) in [6.07, 6.45) is 3.73. The summed E-state index contributed by atoms with van der Waals surface area (Å²) in [6.45, 7) is 1.83. The molecule has 0 saturated carbocycles. The summed E-state index contributed by atoms with van der Waals surface area (Å²) in [7, 11) is 0. The van der Waals surface area contributed by atoms with Crippen molar-refractivity contribution in [3.05, 3.63) is 44.7 Å².